The first-order valence-electron chi connectivity index (χ1n) is 9.49. The topological polar surface area (TPSA) is 75.7 Å². The minimum atomic E-state index is -0.478. The van der Waals surface area contributed by atoms with Gasteiger partial charge in [-0.1, -0.05) is 31.2 Å². The Hall–Kier alpha value is -3.15. The van der Waals surface area contributed by atoms with Gasteiger partial charge in [0.1, 0.15) is 0 Å². The third kappa shape index (κ3) is 4.22. The smallest absolute Gasteiger partial charge is 0.340 e. The number of esters is 1. The highest BCUT2D eigenvalue weighted by atomic mass is 16.5. The normalized spacial score (nSPS) is 16.1. The van der Waals surface area contributed by atoms with E-state index in [-0.39, 0.29) is 31.4 Å². The number of benzene rings is 2. The second kappa shape index (κ2) is 8.69. The van der Waals surface area contributed by atoms with Crippen molar-refractivity contribution in [3.8, 4) is 0 Å². The van der Waals surface area contributed by atoms with E-state index in [1.54, 1.807) is 31.2 Å². The molecule has 146 valence electrons. The van der Waals surface area contributed by atoms with Crippen LogP contribution < -0.4 is 10.2 Å². The van der Waals surface area contributed by atoms with Crippen LogP contribution >= 0.6 is 0 Å². The number of amides is 2. The summed E-state index contributed by atoms with van der Waals surface area (Å²) in [5.41, 5.74) is 2.71. The van der Waals surface area contributed by atoms with Gasteiger partial charge >= 0.3 is 5.97 Å². The first-order chi connectivity index (χ1) is 13.5. The molecule has 28 heavy (non-hydrogen) atoms. The first-order valence-corrected chi connectivity index (χ1v) is 9.49. The number of anilines is 2. The highest BCUT2D eigenvalue weighted by molar-refractivity contribution is 6.07. The summed E-state index contributed by atoms with van der Waals surface area (Å²) in [6.45, 7) is 4.28. The molecule has 1 aliphatic heterocycles. The van der Waals surface area contributed by atoms with Crippen molar-refractivity contribution in [2.75, 3.05) is 23.4 Å². The van der Waals surface area contributed by atoms with E-state index in [9.17, 15) is 14.4 Å². The fourth-order valence-electron chi connectivity index (χ4n) is 3.27. The van der Waals surface area contributed by atoms with Crippen molar-refractivity contribution >= 4 is 29.2 Å². The molecule has 0 bridgehead atoms. The maximum atomic E-state index is 12.6. The third-order valence-corrected chi connectivity index (χ3v) is 4.82. The Morgan fingerprint density at radius 3 is 2.50 bits per heavy atom. The average molecular weight is 380 g/mol. The second-order valence-electron chi connectivity index (χ2n) is 6.68. The number of para-hydroxylation sites is 1. The van der Waals surface area contributed by atoms with Gasteiger partial charge in [-0.2, -0.15) is 0 Å². The summed E-state index contributed by atoms with van der Waals surface area (Å²) in [6, 6.07) is 14.5. The molecule has 0 spiro atoms. The highest BCUT2D eigenvalue weighted by Crippen LogP contribution is 2.29. The van der Waals surface area contributed by atoms with Crippen molar-refractivity contribution in [1.82, 2.24) is 0 Å². The van der Waals surface area contributed by atoms with E-state index in [4.69, 9.17) is 4.74 Å². The van der Waals surface area contributed by atoms with E-state index in [2.05, 4.69) is 12.2 Å². The number of hydrogen-bond acceptors (Lipinski definition) is 4. The molecule has 1 unspecified atom stereocenters. The molecule has 2 aromatic rings. The number of rotatable bonds is 6. The maximum absolute atomic E-state index is 12.6. The van der Waals surface area contributed by atoms with Crippen molar-refractivity contribution in [2.45, 2.75) is 26.7 Å². The Balaban J connectivity index is 1.73. The van der Waals surface area contributed by atoms with Crippen LogP contribution in [0.15, 0.2) is 48.5 Å². The zero-order valence-electron chi connectivity index (χ0n) is 16.1. The molecule has 0 saturated carbocycles. The van der Waals surface area contributed by atoms with E-state index in [1.807, 2.05) is 24.3 Å². The molecule has 0 aromatic heterocycles. The fraction of sp³-hybridized carbons (Fsp3) is 0.318. The molecule has 2 amide bonds. The van der Waals surface area contributed by atoms with Crippen molar-refractivity contribution in [3.63, 3.8) is 0 Å². The molecular formula is C22H24N2O4. The van der Waals surface area contributed by atoms with E-state index in [0.29, 0.717) is 16.9 Å². The summed E-state index contributed by atoms with van der Waals surface area (Å²) in [6.07, 6.45) is 1.04. The molecule has 0 aliphatic carbocycles. The van der Waals surface area contributed by atoms with Crippen molar-refractivity contribution in [1.29, 1.82) is 0 Å². The van der Waals surface area contributed by atoms with Crippen molar-refractivity contribution in [3.05, 3.63) is 59.7 Å². The number of aryl methyl sites for hydroxylation is 1. The number of hydrogen-bond donors (Lipinski definition) is 1. The predicted octanol–water partition coefficient (Wildman–Crippen LogP) is 3.42. The lowest BCUT2D eigenvalue weighted by molar-refractivity contribution is -0.122. The predicted molar refractivity (Wildman–Crippen MR) is 107 cm³/mol. The summed E-state index contributed by atoms with van der Waals surface area (Å²) >= 11 is 0. The van der Waals surface area contributed by atoms with Gasteiger partial charge in [-0.3, -0.25) is 9.59 Å². The quantitative estimate of drug-likeness (QED) is 0.779. The highest BCUT2D eigenvalue weighted by Gasteiger charge is 2.36. The Bertz CT molecular complexity index is 876. The molecule has 1 N–H and O–H groups in total. The summed E-state index contributed by atoms with van der Waals surface area (Å²) in [7, 11) is 0. The standard InChI is InChI=1S/C22H24N2O4/c1-3-15-9-11-17(12-10-15)23-21(26)16-13-20(25)24(14-16)19-8-6-5-7-18(19)22(27)28-4-2/h5-12,16H,3-4,13-14H2,1-2H3,(H,23,26). The SMILES string of the molecule is CCOC(=O)c1ccccc1N1CC(C(=O)Nc2ccc(CC)cc2)CC1=O. The average Bonchev–Trinajstić information content (AvgIpc) is 3.10. The Morgan fingerprint density at radius 2 is 1.82 bits per heavy atom. The zero-order chi connectivity index (χ0) is 20.1. The molecule has 2 aromatic carbocycles. The third-order valence-electron chi connectivity index (χ3n) is 4.82. The fourth-order valence-corrected chi connectivity index (χ4v) is 3.27. The van der Waals surface area contributed by atoms with Gasteiger partial charge in [0.25, 0.3) is 0 Å². The minimum absolute atomic E-state index is 0.107. The molecule has 0 radical (unpaired) electrons. The molecule has 1 atom stereocenters. The van der Waals surface area contributed by atoms with Crippen molar-refractivity contribution < 1.29 is 19.1 Å². The second-order valence-corrected chi connectivity index (χ2v) is 6.68. The maximum Gasteiger partial charge on any atom is 0.340 e. The van der Waals surface area contributed by atoms with Crippen LogP contribution in [0.25, 0.3) is 0 Å². The van der Waals surface area contributed by atoms with Gasteiger partial charge in [-0.05, 0) is 43.2 Å². The zero-order valence-corrected chi connectivity index (χ0v) is 16.1. The van der Waals surface area contributed by atoms with E-state index >= 15 is 0 Å². The molecule has 1 heterocycles. The van der Waals surface area contributed by atoms with Crippen molar-refractivity contribution in [2.24, 2.45) is 5.92 Å². The van der Waals surface area contributed by atoms with E-state index in [1.165, 1.54) is 10.5 Å². The Kier molecular flexibility index (Phi) is 6.09. The molecule has 6 heteroatoms. The minimum Gasteiger partial charge on any atom is -0.462 e. The number of ether oxygens (including phenoxy) is 1. The van der Waals surface area contributed by atoms with Gasteiger partial charge < -0.3 is 15.0 Å². The van der Waals surface area contributed by atoms with Crippen LogP contribution in [-0.2, 0) is 20.7 Å². The number of carbonyl (C=O) groups is 3. The number of nitrogens with one attached hydrogen (secondary N) is 1. The lowest BCUT2D eigenvalue weighted by atomic mass is 10.1. The van der Waals surface area contributed by atoms with Gasteiger partial charge in [0.2, 0.25) is 11.8 Å². The van der Waals surface area contributed by atoms with E-state index < -0.39 is 11.9 Å². The lowest BCUT2D eigenvalue weighted by Gasteiger charge is -2.19. The van der Waals surface area contributed by atoms with Crippen LogP contribution in [0.1, 0.15) is 36.2 Å². The van der Waals surface area contributed by atoms with Crippen LogP contribution in [0.5, 0.6) is 0 Å². The van der Waals surface area contributed by atoms with Crippen LogP contribution in [0, 0.1) is 5.92 Å². The summed E-state index contributed by atoms with van der Waals surface area (Å²) in [4.78, 5) is 38.9. The summed E-state index contributed by atoms with van der Waals surface area (Å²) in [5, 5.41) is 2.88. The molecule has 1 aliphatic rings. The molecule has 3 rings (SSSR count). The largest absolute Gasteiger partial charge is 0.462 e. The first kappa shape index (κ1) is 19.6. The van der Waals surface area contributed by atoms with Crippen LogP contribution in [0.2, 0.25) is 0 Å². The summed E-state index contributed by atoms with van der Waals surface area (Å²) < 4.78 is 5.08. The van der Waals surface area contributed by atoms with Gasteiger partial charge in [0.05, 0.1) is 23.8 Å². The van der Waals surface area contributed by atoms with Crippen LogP contribution in [0.3, 0.4) is 0 Å². The number of nitrogens with zero attached hydrogens (tertiary/aromatic N) is 1. The molecular weight excluding hydrogens is 356 g/mol. The van der Waals surface area contributed by atoms with Gasteiger partial charge in [-0.15, -0.1) is 0 Å². The molecule has 1 fully saturated rings. The van der Waals surface area contributed by atoms with E-state index in [0.717, 1.165) is 6.42 Å². The van der Waals surface area contributed by atoms with Gasteiger partial charge in [-0.25, -0.2) is 4.79 Å². The Morgan fingerprint density at radius 1 is 1.11 bits per heavy atom. The molecule has 1 saturated heterocycles. The molecule has 6 nitrogen and oxygen atoms in total. The summed E-state index contributed by atoms with van der Waals surface area (Å²) in [5.74, 6) is -1.34. The van der Waals surface area contributed by atoms with Crippen LogP contribution in [0.4, 0.5) is 11.4 Å². The van der Waals surface area contributed by atoms with Crippen LogP contribution in [-0.4, -0.2) is 30.9 Å². The van der Waals surface area contributed by atoms with Gasteiger partial charge in [0, 0.05) is 18.7 Å². The Labute approximate surface area is 164 Å². The lowest BCUT2D eigenvalue weighted by Crippen LogP contribution is -2.29. The number of carbonyl (C=O) groups excluding carboxylic acids is 3. The monoisotopic (exact) mass is 380 g/mol. The van der Waals surface area contributed by atoms with Gasteiger partial charge in [0.15, 0.2) is 0 Å².